The van der Waals surface area contributed by atoms with E-state index in [1.807, 2.05) is 0 Å². The molecule has 7 heteroatoms. The molecule has 0 saturated heterocycles. The molecule has 0 spiro atoms. The molecule has 0 rings (SSSR count). The first-order chi connectivity index (χ1) is 10.8. The largest absolute Gasteiger partial charge is 0.524 e. The Bertz CT molecular complexity index is 413. The molecule has 6 nitrogen and oxygen atoms in total. The lowest BCUT2D eigenvalue weighted by molar-refractivity contribution is -0.139. The molecule has 0 aromatic carbocycles. The summed E-state index contributed by atoms with van der Waals surface area (Å²) in [6.07, 6.45) is 8.02. The molecule has 0 amide bonds. The molecule has 0 aromatic rings. The van der Waals surface area contributed by atoms with Gasteiger partial charge in [0.15, 0.2) is 0 Å². The number of allylic oxidation sites excluding steroid dienone is 1. The maximum Gasteiger partial charge on any atom is 0.524 e. The van der Waals surface area contributed by atoms with Gasteiger partial charge in [0, 0.05) is 6.42 Å². The Labute approximate surface area is 139 Å². The van der Waals surface area contributed by atoms with E-state index in [9.17, 15) is 9.36 Å². The summed E-state index contributed by atoms with van der Waals surface area (Å²) in [6, 6.07) is 0. The number of hydrogen-bond acceptors (Lipinski definition) is 4. The summed E-state index contributed by atoms with van der Waals surface area (Å²) in [5.41, 5.74) is 0.139. The molecule has 0 aliphatic rings. The standard InChI is InChI=1S/C16H31O6P/c1-4-6-8-10-12-15(22-23(18,19)20)14(3)16(17)21-13-11-9-7-5-2/h4-13H2,1-3H3,(H2,18,19,20). The van der Waals surface area contributed by atoms with Crippen LogP contribution in [-0.2, 0) is 18.6 Å². The minimum atomic E-state index is -4.68. The second kappa shape index (κ2) is 12.6. The Balaban J connectivity index is 4.62. The van der Waals surface area contributed by atoms with Crippen LogP contribution in [0.2, 0.25) is 0 Å². The van der Waals surface area contributed by atoms with E-state index in [1.54, 1.807) is 0 Å². The third-order valence-electron chi connectivity index (χ3n) is 3.44. The first-order valence-electron chi connectivity index (χ1n) is 8.43. The van der Waals surface area contributed by atoms with Crippen LogP contribution in [0, 0.1) is 0 Å². The minimum Gasteiger partial charge on any atom is -0.462 e. The number of unbranched alkanes of at least 4 members (excludes halogenated alkanes) is 6. The summed E-state index contributed by atoms with van der Waals surface area (Å²) >= 11 is 0. The van der Waals surface area contributed by atoms with Gasteiger partial charge in [0.1, 0.15) is 5.76 Å². The van der Waals surface area contributed by atoms with Gasteiger partial charge < -0.3 is 9.26 Å². The average molecular weight is 350 g/mol. The average Bonchev–Trinajstić information content (AvgIpc) is 2.48. The van der Waals surface area contributed by atoms with E-state index in [-0.39, 0.29) is 11.3 Å². The monoisotopic (exact) mass is 350 g/mol. The number of phosphoric ester groups is 1. The molecular formula is C16H31O6P. The van der Waals surface area contributed by atoms with Crippen LogP contribution in [0.1, 0.15) is 78.6 Å². The maximum absolute atomic E-state index is 12.0. The normalized spacial score (nSPS) is 12.7. The predicted molar refractivity (Wildman–Crippen MR) is 89.7 cm³/mol. The zero-order valence-electron chi connectivity index (χ0n) is 14.5. The molecule has 0 saturated carbocycles. The summed E-state index contributed by atoms with van der Waals surface area (Å²) in [6.45, 7) is 5.97. The molecule has 0 heterocycles. The van der Waals surface area contributed by atoms with Crippen molar-refractivity contribution < 1.29 is 28.4 Å². The number of carbonyl (C=O) groups is 1. The van der Waals surface area contributed by atoms with Gasteiger partial charge in [0.05, 0.1) is 12.2 Å². The van der Waals surface area contributed by atoms with Crippen LogP contribution in [0.25, 0.3) is 0 Å². The highest BCUT2D eigenvalue weighted by Gasteiger charge is 2.22. The van der Waals surface area contributed by atoms with Crippen molar-refractivity contribution in [2.24, 2.45) is 0 Å². The van der Waals surface area contributed by atoms with Crippen LogP contribution in [-0.4, -0.2) is 22.4 Å². The van der Waals surface area contributed by atoms with Crippen LogP contribution in [0.15, 0.2) is 11.3 Å². The predicted octanol–water partition coefficient (Wildman–Crippen LogP) is 4.46. The van der Waals surface area contributed by atoms with Gasteiger partial charge in [-0.25, -0.2) is 9.36 Å². The molecule has 0 aromatic heterocycles. The van der Waals surface area contributed by atoms with Gasteiger partial charge in [0.25, 0.3) is 0 Å². The van der Waals surface area contributed by atoms with E-state index in [4.69, 9.17) is 19.0 Å². The summed E-state index contributed by atoms with van der Waals surface area (Å²) < 4.78 is 20.9. The lowest BCUT2D eigenvalue weighted by Gasteiger charge is -2.14. The second-order valence-electron chi connectivity index (χ2n) is 5.64. The highest BCUT2D eigenvalue weighted by molar-refractivity contribution is 7.46. The smallest absolute Gasteiger partial charge is 0.462 e. The van der Waals surface area contributed by atoms with E-state index < -0.39 is 13.8 Å². The molecule has 23 heavy (non-hydrogen) atoms. The van der Waals surface area contributed by atoms with Gasteiger partial charge in [-0.15, -0.1) is 0 Å². The highest BCUT2D eigenvalue weighted by atomic mass is 31.2. The Morgan fingerprint density at radius 1 is 0.957 bits per heavy atom. The molecule has 0 fully saturated rings. The number of carbonyl (C=O) groups excluding carboxylic acids is 1. The summed E-state index contributed by atoms with van der Waals surface area (Å²) in [5.74, 6) is -0.534. The third-order valence-corrected chi connectivity index (χ3v) is 3.90. The molecule has 0 unspecified atom stereocenters. The number of phosphoric acid groups is 1. The van der Waals surface area contributed by atoms with Crippen molar-refractivity contribution in [3.63, 3.8) is 0 Å². The van der Waals surface area contributed by atoms with Crippen molar-refractivity contribution in [3.8, 4) is 0 Å². The summed E-state index contributed by atoms with van der Waals surface area (Å²) in [5, 5.41) is 0. The zero-order chi connectivity index (χ0) is 17.7. The quantitative estimate of drug-likeness (QED) is 0.167. The number of ether oxygens (including phenoxy) is 1. The second-order valence-corrected chi connectivity index (χ2v) is 6.80. The molecule has 2 N–H and O–H groups in total. The summed E-state index contributed by atoms with van der Waals surface area (Å²) in [7, 11) is -4.68. The fourth-order valence-corrected chi connectivity index (χ4v) is 2.59. The number of rotatable bonds is 13. The Kier molecular flexibility index (Phi) is 12.1. The fourth-order valence-electron chi connectivity index (χ4n) is 2.07. The Morgan fingerprint density at radius 2 is 1.52 bits per heavy atom. The van der Waals surface area contributed by atoms with Crippen LogP contribution in [0.4, 0.5) is 0 Å². The zero-order valence-corrected chi connectivity index (χ0v) is 15.4. The summed E-state index contributed by atoms with van der Waals surface area (Å²) in [4.78, 5) is 30.0. The van der Waals surface area contributed by atoms with Crippen LogP contribution < -0.4 is 0 Å². The molecule has 0 bridgehead atoms. The molecule has 0 aliphatic carbocycles. The Morgan fingerprint density at radius 3 is 2.04 bits per heavy atom. The molecule has 0 atom stereocenters. The van der Waals surface area contributed by atoms with E-state index in [2.05, 4.69) is 13.8 Å². The highest BCUT2D eigenvalue weighted by Crippen LogP contribution is 2.41. The van der Waals surface area contributed by atoms with Gasteiger partial charge in [0.2, 0.25) is 0 Å². The van der Waals surface area contributed by atoms with Gasteiger partial charge in [-0.2, -0.15) is 0 Å². The van der Waals surface area contributed by atoms with E-state index >= 15 is 0 Å². The molecule has 136 valence electrons. The molecular weight excluding hydrogens is 319 g/mol. The van der Waals surface area contributed by atoms with Crippen LogP contribution in [0.3, 0.4) is 0 Å². The number of hydrogen-bond donors (Lipinski definition) is 2. The lowest BCUT2D eigenvalue weighted by atomic mass is 10.1. The lowest BCUT2D eigenvalue weighted by Crippen LogP contribution is -2.10. The van der Waals surface area contributed by atoms with Gasteiger partial charge in [-0.1, -0.05) is 52.4 Å². The Hall–Kier alpha value is -0.840. The van der Waals surface area contributed by atoms with Crippen molar-refractivity contribution >= 4 is 13.8 Å². The topological polar surface area (TPSA) is 93.1 Å². The van der Waals surface area contributed by atoms with Crippen molar-refractivity contribution in [2.45, 2.75) is 78.6 Å². The van der Waals surface area contributed by atoms with Crippen molar-refractivity contribution in [2.75, 3.05) is 6.61 Å². The van der Waals surface area contributed by atoms with Crippen LogP contribution >= 0.6 is 7.82 Å². The molecule has 0 aliphatic heterocycles. The van der Waals surface area contributed by atoms with Gasteiger partial charge in [-0.05, 0) is 19.8 Å². The fraction of sp³-hybridized carbons (Fsp3) is 0.812. The SMILES string of the molecule is CCCCCCOC(=O)C(C)=C(CCCCCC)OP(=O)(O)O. The van der Waals surface area contributed by atoms with Crippen molar-refractivity contribution in [3.05, 3.63) is 11.3 Å². The van der Waals surface area contributed by atoms with Gasteiger partial charge in [-0.3, -0.25) is 9.79 Å². The minimum absolute atomic E-state index is 0.0352. The van der Waals surface area contributed by atoms with Crippen molar-refractivity contribution in [1.82, 2.24) is 0 Å². The maximum atomic E-state index is 12.0. The first kappa shape index (κ1) is 22.2. The molecule has 0 radical (unpaired) electrons. The van der Waals surface area contributed by atoms with E-state index in [1.165, 1.54) is 6.92 Å². The first-order valence-corrected chi connectivity index (χ1v) is 9.96. The third kappa shape index (κ3) is 12.3. The number of esters is 1. The van der Waals surface area contributed by atoms with Crippen LogP contribution in [0.5, 0.6) is 0 Å². The van der Waals surface area contributed by atoms with E-state index in [0.29, 0.717) is 19.4 Å². The van der Waals surface area contributed by atoms with Gasteiger partial charge >= 0.3 is 13.8 Å². The van der Waals surface area contributed by atoms with Crippen molar-refractivity contribution in [1.29, 1.82) is 0 Å². The van der Waals surface area contributed by atoms with E-state index in [0.717, 1.165) is 44.9 Å².